The molecule has 0 saturated carbocycles. The number of hydrogen-bond donors (Lipinski definition) is 0. The lowest BCUT2D eigenvalue weighted by Gasteiger charge is -2.13. The lowest BCUT2D eigenvalue weighted by Crippen LogP contribution is -1.97. The number of benzene rings is 2. The third-order valence-electron chi connectivity index (χ3n) is 3.74. The molecule has 2 rings (SSSR count). The summed E-state index contributed by atoms with van der Waals surface area (Å²) in [5.41, 5.74) is -0.975. The van der Waals surface area contributed by atoms with Crippen molar-refractivity contribution in [2.45, 2.75) is 0 Å². The SMILES string of the molecule is COc1ccc(/C(F)=C(\F)c2cc(OC)c(OC)c(OC)c2)cc1[N+](=O)[O-]. The van der Waals surface area contributed by atoms with Crippen LogP contribution < -0.4 is 18.9 Å². The van der Waals surface area contributed by atoms with Crippen molar-refractivity contribution in [2.24, 2.45) is 0 Å². The van der Waals surface area contributed by atoms with Gasteiger partial charge in [0.15, 0.2) is 28.9 Å². The van der Waals surface area contributed by atoms with Crippen molar-refractivity contribution >= 4 is 17.3 Å². The number of methoxy groups -OCH3 is 4. The average Bonchev–Trinajstić information content (AvgIpc) is 2.70. The highest BCUT2D eigenvalue weighted by atomic mass is 19.2. The molecule has 0 aliphatic rings. The van der Waals surface area contributed by atoms with E-state index in [1.54, 1.807) is 0 Å². The topological polar surface area (TPSA) is 80.1 Å². The molecule has 0 bridgehead atoms. The van der Waals surface area contributed by atoms with E-state index in [1.807, 2.05) is 0 Å². The van der Waals surface area contributed by atoms with Gasteiger partial charge in [0.05, 0.1) is 33.4 Å². The van der Waals surface area contributed by atoms with Crippen molar-refractivity contribution < 1.29 is 32.7 Å². The van der Waals surface area contributed by atoms with Crippen LogP contribution in [0.3, 0.4) is 0 Å². The van der Waals surface area contributed by atoms with E-state index >= 15 is 0 Å². The van der Waals surface area contributed by atoms with E-state index in [-0.39, 0.29) is 34.1 Å². The molecule has 2 aromatic rings. The summed E-state index contributed by atoms with van der Waals surface area (Å²) in [4.78, 5) is 10.3. The minimum Gasteiger partial charge on any atom is -0.493 e. The Morgan fingerprint density at radius 2 is 1.33 bits per heavy atom. The van der Waals surface area contributed by atoms with Gasteiger partial charge in [-0.25, -0.2) is 8.78 Å². The minimum absolute atomic E-state index is 0.0651. The molecule has 0 amide bonds. The lowest BCUT2D eigenvalue weighted by molar-refractivity contribution is -0.385. The summed E-state index contributed by atoms with van der Waals surface area (Å²) in [5, 5.41) is 11.1. The second-order valence-corrected chi connectivity index (χ2v) is 5.19. The Hall–Kier alpha value is -3.36. The van der Waals surface area contributed by atoms with Gasteiger partial charge in [0.1, 0.15) is 0 Å². The summed E-state index contributed by atoms with van der Waals surface area (Å²) in [6, 6.07) is 5.72. The van der Waals surface area contributed by atoms with Crippen LogP contribution in [0.25, 0.3) is 11.7 Å². The van der Waals surface area contributed by atoms with Crippen molar-refractivity contribution in [3.63, 3.8) is 0 Å². The van der Waals surface area contributed by atoms with Crippen LogP contribution in [-0.4, -0.2) is 33.4 Å². The van der Waals surface area contributed by atoms with Crippen molar-refractivity contribution in [1.82, 2.24) is 0 Å². The third kappa shape index (κ3) is 3.91. The molecule has 144 valence electrons. The number of nitro benzene ring substituents is 1. The van der Waals surface area contributed by atoms with Crippen LogP contribution in [0.5, 0.6) is 23.0 Å². The highest BCUT2D eigenvalue weighted by Gasteiger charge is 2.21. The van der Waals surface area contributed by atoms with Crippen molar-refractivity contribution in [1.29, 1.82) is 0 Å². The van der Waals surface area contributed by atoms with Crippen LogP contribution in [0.1, 0.15) is 11.1 Å². The van der Waals surface area contributed by atoms with Crippen LogP contribution in [0.2, 0.25) is 0 Å². The first-order valence-corrected chi connectivity index (χ1v) is 7.56. The monoisotopic (exact) mass is 381 g/mol. The average molecular weight is 381 g/mol. The second-order valence-electron chi connectivity index (χ2n) is 5.19. The molecule has 2 aromatic carbocycles. The fourth-order valence-corrected chi connectivity index (χ4v) is 2.43. The molecule has 0 N–H and O–H groups in total. The maximum Gasteiger partial charge on any atom is 0.311 e. The number of hydrogen-bond acceptors (Lipinski definition) is 6. The molecule has 0 aliphatic carbocycles. The largest absolute Gasteiger partial charge is 0.493 e. The van der Waals surface area contributed by atoms with Gasteiger partial charge in [0, 0.05) is 17.2 Å². The van der Waals surface area contributed by atoms with Crippen LogP contribution >= 0.6 is 0 Å². The molecule has 0 unspecified atom stereocenters. The molecule has 7 nitrogen and oxygen atoms in total. The van der Waals surface area contributed by atoms with Gasteiger partial charge in [0.25, 0.3) is 0 Å². The number of rotatable bonds is 7. The fraction of sp³-hybridized carbons (Fsp3) is 0.222. The molecule has 27 heavy (non-hydrogen) atoms. The molecule has 0 fully saturated rings. The predicted octanol–water partition coefficient (Wildman–Crippen LogP) is 4.39. The Labute approximate surface area is 153 Å². The molecular formula is C18H17F2NO6. The van der Waals surface area contributed by atoms with Crippen LogP contribution in [0.4, 0.5) is 14.5 Å². The van der Waals surface area contributed by atoms with Gasteiger partial charge in [-0.3, -0.25) is 10.1 Å². The van der Waals surface area contributed by atoms with E-state index in [0.717, 1.165) is 6.07 Å². The summed E-state index contributed by atoms with van der Waals surface area (Å²) in [6.07, 6.45) is 0. The van der Waals surface area contributed by atoms with Gasteiger partial charge in [-0.2, -0.15) is 0 Å². The lowest BCUT2D eigenvalue weighted by atomic mass is 10.1. The van der Waals surface area contributed by atoms with E-state index < -0.39 is 22.3 Å². The molecule has 0 spiro atoms. The maximum atomic E-state index is 14.7. The van der Waals surface area contributed by atoms with Gasteiger partial charge >= 0.3 is 5.69 Å². The summed E-state index contributed by atoms with van der Waals surface area (Å²) in [6.45, 7) is 0. The minimum atomic E-state index is -1.28. The number of halogens is 2. The standard InChI is InChI=1S/C18H17F2NO6/c1-24-13-6-5-10(7-12(13)21(22)23)16(19)17(20)11-8-14(25-2)18(27-4)15(9-11)26-3/h5-9H,1-4H3/b17-16+. The molecule has 0 aromatic heterocycles. The van der Waals surface area contributed by atoms with Crippen molar-refractivity contribution in [3.8, 4) is 23.0 Å². The van der Waals surface area contributed by atoms with Crippen LogP contribution in [-0.2, 0) is 0 Å². The Morgan fingerprint density at radius 3 is 1.78 bits per heavy atom. The summed E-state index contributed by atoms with van der Waals surface area (Å²) in [7, 11) is 5.30. The number of nitro groups is 1. The van der Waals surface area contributed by atoms with Gasteiger partial charge in [-0.1, -0.05) is 0 Å². The van der Waals surface area contributed by atoms with Gasteiger partial charge in [-0.05, 0) is 24.3 Å². The second kappa shape index (κ2) is 8.35. The maximum absolute atomic E-state index is 14.7. The summed E-state index contributed by atoms with van der Waals surface area (Å²) in [5.74, 6) is -2.10. The van der Waals surface area contributed by atoms with E-state index in [1.165, 1.54) is 52.7 Å². The smallest absolute Gasteiger partial charge is 0.311 e. The zero-order chi connectivity index (χ0) is 20.1. The number of ether oxygens (including phenoxy) is 4. The Bertz CT molecular complexity index is 872. The highest BCUT2D eigenvalue weighted by molar-refractivity contribution is 5.85. The Morgan fingerprint density at radius 1 is 0.815 bits per heavy atom. The molecule has 0 heterocycles. The molecule has 0 aliphatic heterocycles. The first kappa shape index (κ1) is 20.0. The Balaban J connectivity index is 2.61. The van der Waals surface area contributed by atoms with E-state index in [4.69, 9.17) is 18.9 Å². The molecular weight excluding hydrogens is 364 g/mol. The summed E-state index contributed by atoms with van der Waals surface area (Å²) < 4.78 is 49.6. The van der Waals surface area contributed by atoms with E-state index in [0.29, 0.717) is 0 Å². The van der Waals surface area contributed by atoms with Gasteiger partial charge in [-0.15, -0.1) is 0 Å². The summed E-state index contributed by atoms with van der Waals surface area (Å²) >= 11 is 0. The predicted molar refractivity (Wildman–Crippen MR) is 94.8 cm³/mol. The van der Waals surface area contributed by atoms with Gasteiger partial charge in [0.2, 0.25) is 5.75 Å². The number of nitrogens with zero attached hydrogens (tertiary/aromatic N) is 1. The van der Waals surface area contributed by atoms with Gasteiger partial charge < -0.3 is 18.9 Å². The van der Waals surface area contributed by atoms with Crippen molar-refractivity contribution in [3.05, 3.63) is 51.6 Å². The zero-order valence-electron chi connectivity index (χ0n) is 15.0. The zero-order valence-corrected chi connectivity index (χ0v) is 15.0. The fourth-order valence-electron chi connectivity index (χ4n) is 2.43. The Kier molecular flexibility index (Phi) is 6.17. The molecule has 0 atom stereocenters. The van der Waals surface area contributed by atoms with Crippen LogP contribution in [0.15, 0.2) is 30.3 Å². The quantitative estimate of drug-likeness (QED) is 0.402. The van der Waals surface area contributed by atoms with E-state index in [9.17, 15) is 18.9 Å². The van der Waals surface area contributed by atoms with E-state index in [2.05, 4.69) is 0 Å². The first-order valence-electron chi connectivity index (χ1n) is 7.56. The molecule has 0 radical (unpaired) electrons. The third-order valence-corrected chi connectivity index (χ3v) is 3.74. The van der Waals surface area contributed by atoms with Crippen LogP contribution in [0, 0.1) is 10.1 Å². The molecule has 0 saturated heterocycles. The first-order chi connectivity index (χ1) is 12.9. The molecule has 9 heteroatoms. The normalized spacial score (nSPS) is 11.5. The van der Waals surface area contributed by atoms with Crippen molar-refractivity contribution in [2.75, 3.05) is 28.4 Å². The highest BCUT2D eigenvalue weighted by Crippen LogP contribution is 2.42.